The maximum atomic E-state index is 11.8. The molecule has 0 fully saturated rings. The number of nitrogens with one attached hydrogen (secondary N) is 2. The van der Waals surface area contributed by atoms with E-state index in [1.165, 1.54) is 0 Å². The summed E-state index contributed by atoms with van der Waals surface area (Å²) >= 11 is 0. The maximum Gasteiger partial charge on any atom is 0.219 e. The van der Waals surface area contributed by atoms with Crippen molar-refractivity contribution in [3.63, 3.8) is 0 Å². The number of carbonyl (C=O) groups is 4. The van der Waals surface area contributed by atoms with Gasteiger partial charge in [-0.05, 0) is 44.9 Å². The molecule has 0 aromatic rings. The molecule has 6 nitrogen and oxygen atoms in total. The molecule has 0 heterocycles. The van der Waals surface area contributed by atoms with Crippen molar-refractivity contribution < 1.29 is 19.2 Å². The summed E-state index contributed by atoms with van der Waals surface area (Å²) in [4.78, 5) is 46.8. The van der Waals surface area contributed by atoms with Crippen molar-refractivity contribution in [1.82, 2.24) is 10.6 Å². The van der Waals surface area contributed by atoms with Crippen LogP contribution in [0.2, 0.25) is 0 Å². The molecule has 31 heavy (non-hydrogen) atoms. The highest BCUT2D eigenvalue weighted by molar-refractivity contribution is 5.81. The average Bonchev–Trinajstić information content (AvgIpc) is 2.74. The van der Waals surface area contributed by atoms with Gasteiger partial charge >= 0.3 is 0 Å². The fourth-order valence-corrected chi connectivity index (χ4v) is 3.17. The number of carbonyl (C=O) groups excluding carboxylic acids is 4. The van der Waals surface area contributed by atoms with E-state index in [1.807, 2.05) is 27.7 Å². The lowest BCUT2D eigenvalue weighted by Gasteiger charge is -2.08. The molecule has 0 aliphatic rings. The number of hydrogen-bond acceptors (Lipinski definition) is 4. The molecule has 1 unspecified atom stereocenters. The van der Waals surface area contributed by atoms with Crippen molar-refractivity contribution in [1.29, 1.82) is 0 Å². The molecule has 0 aliphatic carbocycles. The topological polar surface area (TPSA) is 92.3 Å². The molecule has 1 atom stereocenters. The summed E-state index contributed by atoms with van der Waals surface area (Å²) in [6, 6.07) is 0. The Morgan fingerprint density at radius 3 is 1.42 bits per heavy atom. The fourth-order valence-electron chi connectivity index (χ4n) is 3.17. The van der Waals surface area contributed by atoms with E-state index < -0.39 is 0 Å². The lowest BCUT2D eigenvalue weighted by Crippen LogP contribution is -2.25. The Bertz CT molecular complexity index is 532. The first-order chi connectivity index (χ1) is 14.8. The highest BCUT2D eigenvalue weighted by Crippen LogP contribution is 2.10. The third kappa shape index (κ3) is 17.6. The Labute approximate surface area is 189 Å². The van der Waals surface area contributed by atoms with Crippen molar-refractivity contribution >= 4 is 23.4 Å². The summed E-state index contributed by atoms with van der Waals surface area (Å²) in [5.41, 5.74) is 0. The van der Waals surface area contributed by atoms with Gasteiger partial charge in [0.25, 0.3) is 0 Å². The van der Waals surface area contributed by atoms with Crippen LogP contribution in [0.4, 0.5) is 0 Å². The highest BCUT2D eigenvalue weighted by atomic mass is 16.2. The summed E-state index contributed by atoms with van der Waals surface area (Å²) < 4.78 is 0. The van der Waals surface area contributed by atoms with E-state index in [-0.39, 0.29) is 29.4 Å². The Balaban J connectivity index is 3.45. The van der Waals surface area contributed by atoms with Crippen LogP contribution >= 0.6 is 0 Å². The molecular formula is C25H46N2O4. The van der Waals surface area contributed by atoms with Crippen LogP contribution in [-0.2, 0) is 19.2 Å². The molecule has 0 spiro atoms. The molecule has 6 heteroatoms. The van der Waals surface area contributed by atoms with Crippen LogP contribution in [0.1, 0.15) is 111 Å². The van der Waals surface area contributed by atoms with Crippen molar-refractivity contribution in [2.45, 2.75) is 111 Å². The Morgan fingerprint density at radius 1 is 0.581 bits per heavy atom. The monoisotopic (exact) mass is 438 g/mol. The van der Waals surface area contributed by atoms with E-state index in [4.69, 9.17) is 0 Å². The van der Waals surface area contributed by atoms with Gasteiger partial charge in [-0.1, -0.05) is 40.5 Å². The zero-order valence-corrected chi connectivity index (χ0v) is 20.4. The van der Waals surface area contributed by atoms with Crippen molar-refractivity contribution in [3.8, 4) is 0 Å². The minimum atomic E-state index is 0.0649. The quantitative estimate of drug-likeness (QED) is 0.269. The summed E-state index contributed by atoms with van der Waals surface area (Å²) in [5.74, 6) is 0.919. The van der Waals surface area contributed by atoms with E-state index in [1.54, 1.807) is 0 Å². The van der Waals surface area contributed by atoms with Crippen LogP contribution in [0.15, 0.2) is 0 Å². The molecule has 0 bridgehead atoms. The van der Waals surface area contributed by atoms with E-state index in [0.717, 1.165) is 57.8 Å². The predicted molar refractivity (Wildman–Crippen MR) is 126 cm³/mol. The van der Waals surface area contributed by atoms with Gasteiger partial charge in [0.2, 0.25) is 11.8 Å². The molecule has 0 aliphatic heterocycles. The van der Waals surface area contributed by atoms with Gasteiger partial charge in [-0.25, -0.2) is 0 Å². The summed E-state index contributed by atoms with van der Waals surface area (Å²) in [7, 11) is 0. The van der Waals surface area contributed by atoms with Gasteiger partial charge in [-0.15, -0.1) is 0 Å². The second-order valence-electron chi connectivity index (χ2n) is 8.92. The number of hydrogen-bond donors (Lipinski definition) is 2. The van der Waals surface area contributed by atoms with E-state index in [0.29, 0.717) is 44.6 Å². The minimum absolute atomic E-state index is 0.0649. The summed E-state index contributed by atoms with van der Waals surface area (Å²) in [5, 5.41) is 5.87. The van der Waals surface area contributed by atoms with Crippen LogP contribution in [0.5, 0.6) is 0 Å². The summed E-state index contributed by atoms with van der Waals surface area (Å²) in [6.07, 6.45) is 10.0. The lowest BCUT2D eigenvalue weighted by molar-refractivity contribution is -0.123. The van der Waals surface area contributed by atoms with Gasteiger partial charge in [0.05, 0.1) is 0 Å². The normalized spacial score (nSPS) is 11.9. The van der Waals surface area contributed by atoms with Crippen molar-refractivity contribution in [2.24, 2.45) is 11.8 Å². The number of unbranched alkanes of at least 4 members (excludes halogenated alkanes) is 5. The van der Waals surface area contributed by atoms with E-state index in [2.05, 4.69) is 10.6 Å². The maximum absolute atomic E-state index is 11.8. The first-order valence-electron chi connectivity index (χ1n) is 12.4. The molecule has 0 rings (SSSR count). The zero-order chi connectivity index (χ0) is 23.5. The average molecular weight is 439 g/mol. The molecule has 2 N–H and O–H groups in total. The Kier molecular flexibility index (Phi) is 17.9. The standard InChI is InChI=1S/C25H46N2O4/c1-5-21(4)23(29)15-9-11-17-25(31)27-19-13-7-6-12-18-26-24(30)16-10-8-14-22(28)20(2)3/h20-21H,5-19H2,1-4H3,(H,26,30)(H,27,31). The molecule has 2 amide bonds. The minimum Gasteiger partial charge on any atom is -0.356 e. The number of rotatable bonds is 20. The van der Waals surface area contributed by atoms with Crippen molar-refractivity contribution in [3.05, 3.63) is 0 Å². The smallest absolute Gasteiger partial charge is 0.219 e. The van der Waals surface area contributed by atoms with Gasteiger partial charge < -0.3 is 10.6 Å². The SMILES string of the molecule is CCC(C)C(=O)CCCCC(=O)NCCCCCCNC(=O)CCCCC(=O)C(C)C. The molecule has 0 aromatic heterocycles. The van der Waals surface area contributed by atoms with Crippen LogP contribution in [0.25, 0.3) is 0 Å². The van der Waals surface area contributed by atoms with Gasteiger partial charge in [-0.3, -0.25) is 19.2 Å². The molecule has 0 saturated heterocycles. The molecule has 0 saturated carbocycles. The lowest BCUT2D eigenvalue weighted by atomic mass is 9.99. The Hall–Kier alpha value is -1.72. The molecule has 0 radical (unpaired) electrons. The predicted octanol–water partition coefficient (Wildman–Crippen LogP) is 4.74. The second kappa shape index (κ2) is 19.0. The number of Topliss-reactive ketones (excluding diaryl/α,β-unsaturated/α-hetero) is 2. The van der Waals surface area contributed by atoms with Gasteiger partial charge in [-0.2, -0.15) is 0 Å². The van der Waals surface area contributed by atoms with E-state index >= 15 is 0 Å². The fraction of sp³-hybridized carbons (Fsp3) is 0.840. The zero-order valence-electron chi connectivity index (χ0n) is 20.4. The first-order valence-corrected chi connectivity index (χ1v) is 12.4. The van der Waals surface area contributed by atoms with Gasteiger partial charge in [0.1, 0.15) is 11.6 Å². The second-order valence-corrected chi connectivity index (χ2v) is 8.92. The van der Waals surface area contributed by atoms with Crippen LogP contribution in [0.3, 0.4) is 0 Å². The molecule has 180 valence electrons. The van der Waals surface area contributed by atoms with E-state index in [9.17, 15) is 19.2 Å². The number of amides is 2. The number of ketones is 2. The molecular weight excluding hydrogens is 392 g/mol. The third-order valence-corrected chi connectivity index (χ3v) is 5.71. The van der Waals surface area contributed by atoms with Crippen LogP contribution < -0.4 is 10.6 Å². The van der Waals surface area contributed by atoms with Crippen molar-refractivity contribution in [2.75, 3.05) is 13.1 Å². The van der Waals surface area contributed by atoms with Crippen LogP contribution in [-0.4, -0.2) is 36.5 Å². The highest BCUT2D eigenvalue weighted by Gasteiger charge is 2.10. The summed E-state index contributed by atoms with van der Waals surface area (Å²) in [6.45, 7) is 9.17. The Morgan fingerprint density at radius 2 is 1.00 bits per heavy atom. The van der Waals surface area contributed by atoms with Crippen LogP contribution in [0, 0.1) is 11.8 Å². The van der Waals surface area contributed by atoms with Gasteiger partial charge in [0, 0.05) is 50.6 Å². The largest absolute Gasteiger partial charge is 0.356 e. The first kappa shape index (κ1) is 29.3. The molecule has 0 aromatic carbocycles. The third-order valence-electron chi connectivity index (χ3n) is 5.71. The van der Waals surface area contributed by atoms with Gasteiger partial charge in [0.15, 0.2) is 0 Å².